The Balaban J connectivity index is 1.57. The van der Waals surface area contributed by atoms with E-state index >= 15 is 0 Å². The predicted molar refractivity (Wildman–Crippen MR) is 104 cm³/mol. The van der Waals surface area contributed by atoms with E-state index in [0.717, 1.165) is 5.56 Å². The molecule has 3 heterocycles. The van der Waals surface area contributed by atoms with Crippen LogP contribution in [0, 0.1) is 6.92 Å². The molecule has 10 heteroatoms. The number of anilines is 1. The van der Waals surface area contributed by atoms with E-state index in [2.05, 4.69) is 41.4 Å². The number of fused-ring (bicyclic) bond motifs is 1. The molecule has 0 atom stereocenters. The Labute approximate surface area is 167 Å². The van der Waals surface area contributed by atoms with Crippen molar-refractivity contribution in [2.75, 3.05) is 5.32 Å². The van der Waals surface area contributed by atoms with E-state index in [1.54, 1.807) is 23.9 Å². The smallest absolute Gasteiger partial charge is 0.275 e. The van der Waals surface area contributed by atoms with Crippen LogP contribution in [0.25, 0.3) is 5.78 Å². The van der Waals surface area contributed by atoms with Gasteiger partial charge in [-0.05, 0) is 46.6 Å². The summed E-state index contributed by atoms with van der Waals surface area (Å²) in [6, 6.07) is 9.16. The third kappa shape index (κ3) is 3.69. The molecule has 0 unspecified atom stereocenters. The van der Waals surface area contributed by atoms with E-state index in [9.17, 15) is 4.79 Å². The minimum absolute atomic E-state index is 0.328. The lowest BCUT2D eigenvalue weighted by molar-refractivity contribution is 0.101. The van der Waals surface area contributed by atoms with Crippen molar-refractivity contribution in [1.29, 1.82) is 0 Å². The summed E-state index contributed by atoms with van der Waals surface area (Å²) in [6.45, 7) is 2.34. The van der Waals surface area contributed by atoms with Crippen LogP contribution in [0.1, 0.15) is 21.7 Å². The Hall–Kier alpha value is -2.78. The number of halogens is 2. The topological polar surface area (TPSA) is 90.0 Å². The van der Waals surface area contributed by atoms with E-state index in [4.69, 9.17) is 11.6 Å². The maximum atomic E-state index is 12.7. The molecule has 0 aliphatic carbocycles. The number of benzene rings is 1. The molecule has 27 heavy (non-hydrogen) atoms. The van der Waals surface area contributed by atoms with Crippen LogP contribution in [0.3, 0.4) is 0 Å². The van der Waals surface area contributed by atoms with Crippen molar-refractivity contribution in [1.82, 2.24) is 29.4 Å². The molecule has 4 aromatic rings. The molecule has 0 spiro atoms. The molecular formula is C17H13BrClN7O. The standard InChI is InChI=1S/C17H13BrClN7O/c1-10-6-14(26-17(22-10)20-9-21-26)16(27)23-15-13(18)8-25(24-15)7-11-2-4-12(19)5-3-11/h2-6,8-9H,7H2,1H3,(H,23,24,27). The lowest BCUT2D eigenvalue weighted by Gasteiger charge is -2.06. The fraction of sp³-hybridized carbons (Fsp3) is 0.118. The highest BCUT2D eigenvalue weighted by Gasteiger charge is 2.17. The third-order valence-electron chi connectivity index (χ3n) is 3.82. The van der Waals surface area contributed by atoms with E-state index in [-0.39, 0.29) is 5.91 Å². The SMILES string of the molecule is Cc1cc(C(=O)Nc2nn(Cc3ccc(Cl)cc3)cc2Br)n2ncnc2n1. The first-order valence-corrected chi connectivity index (χ1v) is 9.13. The lowest BCUT2D eigenvalue weighted by Crippen LogP contribution is -2.18. The van der Waals surface area contributed by atoms with Crippen LogP contribution in [0.15, 0.2) is 47.3 Å². The molecular weight excluding hydrogens is 434 g/mol. The predicted octanol–water partition coefficient (Wildman–Crippen LogP) is 3.35. The summed E-state index contributed by atoms with van der Waals surface area (Å²) in [7, 11) is 0. The second kappa shape index (κ2) is 7.09. The number of carbonyl (C=O) groups is 1. The quantitative estimate of drug-likeness (QED) is 0.519. The maximum Gasteiger partial charge on any atom is 0.275 e. The van der Waals surface area contributed by atoms with Gasteiger partial charge in [0.1, 0.15) is 12.0 Å². The van der Waals surface area contributed by atoms with Crippen LogP contribution >= 0.6 is 27.5 Å². The zero-order valence-electron chi connectivity index (χ0n) is 14.1. The highest BCUT2D eigenvalue weighted by Crippen LogP contribution is 2.22. The Kier molecular flexibility index (Phi) is 4.63. The van der Waals surface area contributed by atoms with Crippen molar-refractivity contribution in [3.05, 3.63) is 69.3 Å². The van der Waals surface area contributed by atoms with Gasteiger partial charge in [0.2, 0.25) is 0 Å². The van der Waals surface area contributed by atoms with Gasteiger partial charge in [-0.15, -0.1) is 0 Å². The zero-order chi connectivity index (χ0) is 19.0. The first kappa shape index (κ1) is 17.6. The monoisotopic (exact) mass is 445 g/mol. The molecule has 0 bridgehead atoms. The highest BCUT2D eigenvalue weighted by atomic mass is 79.9. The molecule has 1 aromatic carbocycles. The normalized spacial score (nSPS) is 11.1. The van der Waals surface area contributed by atoms with Gasteiger partial charge in [0.15, 0.2) is 5.82 Å². The Bertz CT molecular complexity index is 1140. The van der Waals surface area contributed by atoms with Crippen LogP contribution in [0.5, 0.6) is 0 Å². The molecule has 8 nitrogen and oxygen atoms in total. The van der Waals surface area contributed by atoms with E-state index in [1.807, 2.05) is 24.3 Å². The minimum atomic E-state index is -0.353. The fourth-order valence-electron chi connectivity index (χ4n) is 2.60. The molecule has 4 rings (SSSR count). The average molecular weight is 447 g/mol. The summed E-state index contributed by atoms with van der Waals surface area (Å²) in [5.74, 6) is 0.428. The van der Waals surface area contributed by atoms with Crippen molar-refractivity contribution < 1.29 is 4.79 Å². The molecule has 136 valence electrons. The van der Waals surface area contributed by atoms with Gasteiger partial charge in [-0.2, -0.15) is 19.7 Å². The second-order valence-corrected chi connectivity index (χ2v) is 7.15. The van der Waals surface area contributed by atoms with E-state index < -0.39 is 0 Å². The lowest BCUT2D eigenvalue weighted by atomic mass is 10.2. The molecule has 0 aliphatic rings. The fourth-order valence-corrected chi connectivity index (χ4v) is 3.14. The molecule has 1 amide bonds. The van der Waals surface area contributed by atoms with Crippen LogP contribution < -0.4 is 5.32 Å². The summed E-state index contributed by atoms with van der Waals surface area (Å²) >= 11 is 9.34. The van der Waals surface area contributed by atoms with Crippen LogP contribution in [-0.2, 0) is 6.54 Å². The minimum Gasteiger partial charge on any atom is -0.303 e. The zero-order valence-corrected chi connectivity index (χ0v) is 16.4. The van der Waals surface area contributed by atoms with Crippen LogP contribution in [0.4, 0.5) is 5.82 Å². The number of aryl methyl sites for hydroxylation is 1. The molecule has 1 N–H and O–H groups in total. The Morgan fingerprint density at radius 2 is 2.07 bits per heavy atom. The number of hydrogen-bond donors (Lipinski definition) is 1. The van der Waals surface area contributed by atoms with Gasteiger partial charge in [0.05, 0.1) is 11.0 Å². The average Bonchev–Trinajstić information content (AvgIpc) is 3.23. The van der Waals surface area contributed by atoms with Crippen LogP contribution in [0.2, 0.25) is 5.02 Å². The Morgan fingerprint density at radius 1 is 1.30 bits per heavy atom. The molecule has 0 radical (unpaired) electrons. The largest absolute Gasteiger partial charge is 0.303 e. The van der Waals surface area contributed by atoms with Gasteiger partial charge in [-0.25, -0.2) is 4.98 Å². The first-order chi connectivity index (χ1) is 13.0. The highest BCUT2D eigenvalue weighted by molar-refractivity contribution is 9.10. The van der Waals surface area contributed by atoms with Gasteiger partial charge in [0, 0.05) is 16.9 Å². The summed E-state index contributed by atoms with van der Waals surface area (Å²) in [6.07, 6.45) is 3.16. The van der Waals surface area contributed by atoms with E-state index in [1.165, 1.54) is 10.8 Å². The van der Waals surface area contributed by atoms with Crippen molar-refractivity contribution in [2.45, 2.75) is 13.5 Å². The number of aromatic nitrogens is 6. The number of amides is 1. The summed E-state index contributed by atoms with van der Waals surface area (Å²) in [5, 5.41) is 12.0. The summed E-state index contributed by atoms with van der Waals surface area (Å²) in [5.41, 5.74) is 2.04. The van der Waals surface area contributed by atoms with E-state index in [0.29, 0.717) is 39.0 Å². The van der Waals surface area contributed by atoms with Gasteiger partial charge in [0.25, 0.3) is 11.7 Å². The van der Waals surface area contributed by atoms with Crippen molar-refractivity contribution in [3.63, 3.8) is 0 Å². The van der Waals surface area contributed by atoms with Crippen molar-refractivity contribution in [2.24, 2.45) is 0 Å². The molecule has 0 aliphatic heterocycles. The molecule has 0 saturated heterocycles. The number of hydrogen-bond acceptors (Lipinski definition) is 5. The summed E-state index contributed by atoms with van der Waals surface area (Å²) < 4.78 is 3.79. The maximum absolute atomic E-state index is 12.7. The van der Waals surface area contributed by atoms with Crippen LogP contribution in [-0.4, -0.2) is 35.3 Å². The number of carbonyl (C=O) groups excluding carboxylic acids is 1. The first-order valence-electron chi connectivity index (χ1n) is 7.96. The van der Waals surface area contributed by atoms with Gasteiger partial charge < -0.3 is 5.32 Å². The molecule has 0 fully saturated rings. The van der Waals surface area contributed by atoms with Crippen molar-refractivity contribution >= 4 is 45.0 Å². The number of nitrogens with one attached hydrogen (secondary N) is 1. The molecule has 0 saturated carbocycles. The van der Waals surface area contributed by atoms with Gasteiger partial charge in [-0.3, -0.25) is 9.48 Å². The summed E-state index contributed by atoms with van der Waals surface area (Å²) in [4.78, 5) is 21.0. The Morgan fingerprint density at radius 3 is 2.85 bits per heavy atom. The molecule has 3 aromatic heterocycles. The van der Waals surface area contributed by atoms with Gasteiger partial charge >= 0.3 is 0 Å². The number of nitrogens with zero attached hydrogens (tertiary/aromatic N) is 6. The second-order valence-electron chi connectivity index (χ2n) is 5.86. The van der Waals surface area contributed by atoms with Crippen molar-refractivity contribution in [3.8, 4) is 0 Å². The number of rotatable bonds is 4. The third-order valence-corrected chi connectivity index (χ3v) is 4.65. The van der Waals surface area contributed by atoms with Gasteiger partial charge in [-0.1, -0.05) is 23.7 Å².